The van der Waals surface area contributed by atoms with Crippen molar-refractivity contribution < 1.29 is 8.42 Å². The van der Waals surface area contributed by atoms with E-state index in [1.807, 2.05) is 16.4 Å². The zero-order chi connectivity index (χ0) is 19.8. The molecule has 3 heterocycles. The summed E-state index contributed by atoms with van der Waals surface area (Å²) in [6, 6.07) is 3.96. The molecular formula is C21H29N5O2S. The van der Waals surface area contributed by atoms with Crippen LogP contribution in [-0.4, -0.2) is 44.2 Å². The highest BCUT2D eigenvalue weighted by atomic mass is 32.2. The van der Waals surface area contributed by atoms with Gasteiger partial charge in [-0.05, 0) is 62.1 Å². The Morgan fingerprint density at radius 2 is 1.83 bits per heavy atom. The Morgan fingerprint density at radius 1 is 1.03 bits per heavy atom. The first-order chi connectivity index (χ1) is 14.1. The molecular weight excluding hydrogens is 386 g/mol. The lowest BCUT2D eigenvalue weighted by atomic mass is 9.99. The summed E-state index contributed by atoms with van der Waals surface area (Å²) >= 11 is 0. The second kappa shape index (κ2) is 7.80. The van der Waals surface area contributed by atoms with Crippen molar-refractivity contribution in [2.75, 3.05) is 0 Å². The van der Waals surface area contributed by atoms with Gasteiger partial charge in [0.15, 0.2) is 5.82 Å². The van der Waals surface area contributed by atoms with Crippen LogP contribution in [0.5, 0.6) is 0 Å². The van der Waals surface area contributed by atoms with Gasteiger partial charge in [-0.1, -0.05) is 19.3 Å². The summed E-state index contributed by atoms with van der Waals surface area (Å²) in [5, 5.41) is 7.33. The highest BCUT2D eigenvalue weighted by Gasteiger charge is 2.54. The van der Waals surface area contributed by atoms with E-state index in [9.17, 15) is 8.42 Å². The summed E-state index contributed by atoms with van der Waals surface area (Å²) < 4.78 is 28.9. The molecule has 3 fully saturated rings. The molecule has 3 aliphatic rings. The van der Waals surface area contributed by atoms with Crippen LogP contribution < -0.4 is 0 Å². The van der Waals surface area contributed by atoms with Gasteiger partial charge in [0, 0.05) is 24.9 Å². The molecule has 3 atom stereocenters. The summed E-state index contributed by atoms with van der Waals surface area (Å²) in [5.74, 6) is 1.85. The van der Waals surface area contributed by atoms with Crippen LogP contribution in [0.25, 0.3) is 0 Å². The van der Waals surface area contributed by atoms with Gasteiger partial charge in [0.05, 0.1) is 11.3 Å². The molecule has 7 nitrogen and oxygen atoms in total. The number of hydrogen-bond donors (Lipinski definition) is 1. The molecule has 0 spiro atoms. The zero-order valence-electron chi connectivity index (χ0n) is 16.7. The maximum Gasteiger partial charge on any atom is 0.217 e. The van der Waals surface area contributed by atoms with Crippen LogP contribution in [0.3, 0.4) is 0 Å². The molecule has 1 N–H and O–H groups in total. The highest BCUT2D eigenvalue weighted by molar-refractivity contribution is 7.89. The predicted molar refractivity (Wildman–Crippen MR) is 110 cm³/mol. The molecule has 1 aliphatic heterocycles. The third kappa shape index (κ3) is 3.61. The first-order valence-corrected chi connectivity index (χ1v) is 12.5. The van der Waals surface area contributed by atoms with Gasteiger partial charge in [-0.3, -0.25) is 10.1 Å². The lowest BCUT2D eigenvalue weighted by Gasteiger charge is -2.36. The predicted octanol–water partition coefficient (Wildman–Crippen LogP) is 3.17. The van der Waals surface area contributed by atoms with Crippen molar-refractivity contribution >= 4 is 10.0 Å². The number of hydrogen-bond acceptors (Lipinski definition) is 5. The number of piperidine rings is 1. The van der Waals surface area contributed by atoms with Crippen molar-refractivity contribution in [3.8, 4) is 0 Å². The van der Waals surface area contributed by atoms with Gasteiger partial charge in [0.2, 0.25) is 10.0 Å². The molecule has 2 saturated carbocycles. The Labute approximate surface area is 172 Å². The number of nitrogens with one attached hydrogen (secondary N) is 1. The van der Waals surface area contributed by atoms with Gasteiger partial charge in [-0.15, -0.1) is 0 Å². The number of sulfonamides is 1. The van der Waals surface area contributed by atoms with Gasteiger partial charge in [-0.2, -0.15) is 9.40 Å². The topological polar surface area (TPSA) is 91.8 Å². The molecule has 0 aromatic carbocycles. The SMILES string of the molecule is O=S(=O)(C1CCCCC1)N1[C@@H]2CC[C@@H](C2)[C@H]1c1n[nH]c(CCc2ccncc2)n1. The minimum atomic E-state index is -3.30. The van der Waals surface area contributed by atoms with Crippen LogP contribution >= 0.6 is 0 Å². The summed E-state index contributed by atoms with van der Waals surface area (Å²) in [6.45, 7) is 0. The molecule has 0 radical (unpaired) electrons. The fraction of sp³-hybridized carbons (Fsp3) is 0.667. The number of pyridine rings is 1. The van der Waals surface area contributed by atoms with Crippen molar-refractivity contribution in [1.82, 2.24) is 24.5 Å². The molecule has 1 saturated heterocycles. The lowest BCUT2D eigenvalue weighted by molar-refractivity contribution is 0.232. The zero-order valence-corrected chi connectivity index (χ0v) is 17.5. The molecule has 0 amide bonds. The van der Waals surface area contributed by atoms with Crippen molar-refractivity contribution in [1.29, 1.82) is 0 Å². The van der Waals surface area contributed by atoms with E-state index < -0.39 is 10.0 Å². The Kier molecular flexibility index (Phi) is 5.16. The van der Waals surface area contributed by atoms with Crippen molar-refractivity contribution in [3.05, 3.63) is 41.7 Å². The number of H-pyrrole nitrogens is 1. The maximum atomic E-state index is 13.5. The summed E-state index contributed by atoms with van der Waals surface area (Å²) in [6.07, 6.45) is 13.0. The van der Waals surface area contributed by atoms with Gasteiger partial charge in [0.25, 0.3) is 0 Å². The molecule has 2 aromatic heterocycles. The summed E-state index contributed by atoms with van der Waals surface area (Å²) in [7, 11) is -3.30. The number of aromatic nitrogens is 4. The second-order valence-corrected chi connectivity index (χ2v) is 10.9. The number of fused-ring (bicyclic) bond motifs is 2. The summed E-state index contributed by atoms with van der Waals surface area (Å²) in [5.41, 5.74) is 1.21. The molecule has 5 rings (SSSR count). The largest absolute Gasteiger partial charge is 0.265 e. The van der Waals surface area contributed by atoms with Crippen LogP contribution in [0.4, 0.5) is 0 Å². The van der Waals surface area contributed by atoms with E-state index in [1.54, 1.807) is 12.4 Å². The van der Waals surface area contributed by atoms with Gasteiger partial charge in [0.1, 0.15) is 5.82 Å². The highest BCUT2D eigenvalue weighted by Crippen LogP contribution is 2.52. The Hall–Kier alpha value is -1.80. The normalized spacial score (nSPS) is 28.2. The third-order valence-corrected chi connectivity index (χ3v) is 9.43. The van der Waals surface area contributed by atoms with E-state index in [2.05, 4.69) is 15.2 Å². The average molecular weight is 416 g/mol. The second-order valence-electron chi connectivity index (χ2n) is 8.80. The van der Waals surface area contributed by atoms with E-state index in [-0.39, 0.29) is 17.3 Å². The lowest BCUT2D eigenvalue weighted by Crippen LogP contribution is -2.45. The minimum absolute atomic E-state index is 0.135. The van der Waals surface area contributed by atoms with Crippen LogP contribution in [-0.2, 0) is 22.9 Å². The van der Waals surface area contributed by atoms with E-state index >= 15 is 0 Å². The fourth-order valence-corrected chi connectivity index (χ4v) is 8.00. The van der Waals surface area contributed by atoms with Crippen molar-refractivity contribution in [2.45, 2.75) is 81.5 Å². The fourth-order valence-electron chi connectivity index (χ4n) is 5.54. The standard InChI is InChI=1S/C21H29N5O2S/c27-29(28,18-4-2-1-3-5-18)26-17-8-7-16(14-17)20(26)21-23-19(24-25-21)9-6-15-10-12-22-13-11-15/h10-13,16-18,20H,1-9,14H2,(H,23,24,25)/t16-,17+,20-/m0/s1. The average Bonchev–Trinajstić information content (AvgIpc) is 3.49. The van der Waals surface area contributed by atoms with E-state index in [0.29, 0.717) is 11.7 Å². The summed E-state index contributed by atoms with van der Waals surface area (Å²) in [4.78, 5) is 8.80. The number of aryl methyl sites for hydroxylation is 2. The molecule has 8 heteroatoms. The molecule has 2 aliphatic carbocycles. The van der Waals surface area contributed by atoms with E-state index in [0.717, 1.165) is 70.0 Å². The molecule has 2 aromatic rings. The van der Waals surface area contributed by atoms with E-state index in [1.165, 1.54) is 5.56 Å². The smallest absolute Gasteiger partial charge is 0.217 e. The van der Waals surface area contributed by atoms with Crippen molar-refractivity contribution in [2.24, 2.45) is 5.92 Å². The quantitative estimate of drug-likeness (QED) is 0.782. The van der Waals surface area contributed by atoms with Crippen LogP contribution in [0.15, 0.2) is 24.5 Å². The van der Waals surface area contributed by atoms with Gasteiger partial charge < -0.3 is 0 Å². The Balaban J connectivity index is 1.36. The third-order valence-electron chi connectivity index (χ3n) is 7.01. The van der Waals surface area contributed by atoms with Gasteiger partial charge >= 0.3 is 0 Å². The van der Waals surface area contributed by atoms with Crippen LogP contribution in [0.1, 0.15) is 74.6 Å². The molecule has 156 valence electrons. The molecule has 29 heavy (non-hydrogen) atoms. The van der Waals surface area contributed by atoms with Crippen molar-refractivity contribution in [3.63, 3.8) is 0 Å². The number of nitrogens with zero attached hydrogens (tertiary/aromatic N) is 4. The Bertz CT molecular complexity index is 939. The van der Waals surface area contributed by atoms with E-state index in [4.69, 9.17) is 4.98 Å². The van der Waals surface area contributed by atoms with Crippen LogP contribution in [0.2, 0.25) is 0 Å². The van der Waals surface area contributed by atoms with Gasteiger partial charge in [-0.25, -0.2) is 13.4 Å². The molecule has 0 unspecified atom stereocenters. The Morgan fingerprint density at radius 3 is 2.62 bits per heavy atom. The number of rotatable bonds is 6. The maximum absolute atomic E-state index is 13.5. The number of aromatic amines is 1. The van der Waals surface area contributed by atoms with Crippen LogP contribution in [0, 0.1) is 5.92 Å². The first kappa shape index (κ1) is 19.2. The minimum Gasteiger partial charge on any atom is -0.265 e. The first-order valence-electron chi connectivity index (χ1n) is 11.0. The molecule has 2 bridgehead atoms. The monoisotopic (exact) mass is 415 g/mol.